The third-order valence-corrected chi connectivity index (χ3v) is 7.52. The number of hydrogen-bond donors (Lipinski definition) is 1. The molecule has 140 valence electrons. The van der Waals surface area contributed by atoms with Crippen LogP contribution < -0.4 is 5.32 Å². The third-order valence-electron chi connectivity index (χ3n) is 4.46. The molecule has 1 fully saturated rings. The van der Waals surface area contributed by atoms with Crippen molar-refractivity contribution >= 4 is 38.9 Å². The SMILES string of the molecule is O=C(NCCc1cccs1)[C@@H]1CCCN(S(=O)(=O)c2ccc(Cl)cc2)C1. The van der Waals surface area contributed by atoms with Gasteiger partial charge in [0.15, 0.2) is 0 Å². The van der Waals surface area contributed by atoms with Gasteiger partial charge < -0.3 is 5.32 Å². The van der Waals surface area contributed by atoms with Crippen LogP contribution in [-0.2, 0) is 21.2 Å². The van der Waals surface area contributed by atoms with Crippen molar-refractivity contribution in [2.24, 2.45) is 5.92 Å². The summed E-state index contributed by atoms with van der Waals surface area (Å²) in [5.74, 6) is -0.383. The van der Waals surface area contributed by atoms with Crippen LogP contribution in [0.4, 0.5) is 0 Å². The van der Waals surface area contributed by atoms with E-state index in [4.69, 9.17) is 11.6 Å². The Hall–Kier alpha value is -1.41. The first-order valence-electron chi connectivity index (χ1n) is 8.52. The molecule has 26 heavy (non-hydrogen) atoms. The van der Waals surface area contributed by atoms with Gasteiger partial charge in [0, 0.05) is 29.5 Å². The van der Waals surface area contributed by atoms with E-state index in [-0.39, 0.29) is 23.3 Å². The average Bonchev–Trinajstić information content (AvgIpc) is 3.15. The molecule has 1 saturated heterocycles. The largest absolute Gasteiger partial charge is 0.355 e. The number of nitrogens with zero attached hydrogens (tertiary/aromatic N) is 1. The number of piperidine rings is 1. The molecule has 0 bridgehead atoms. The maximum Gasteiger partial charge on any atom is 0.243 e. The highest BCUT2D eigenvalue weighted by molar-refractivity contribution is 7.89. The monoisotopic (exact) mass is 412 g/mol. The van der Waals surface area contributed by atoms with Gasteiger partial charge in [-0.2, -0.15) is 4.31 Å². The van der Waals surface area contributed by atoms with Crippen LogP contribution in [0.2, 0.25) is 5.02 Å². The van der Waals surface area contributed by atoms with E-state index in [0.29, 0.717) is 31.0 Å². The molecule has 0 saturated carbocycles. The van der Waals surface area contributed by atoms with Gasteiger partial charge in [0.1, 0.15) is 0 Å². The second kappa shape index (κ2) is 8.52. The van der Waals surface area contributed by atoms with Crippen LogP contribution in [0, 0.1) is 5.92 Å². The van der Waals surface area contributed by atoms with Gasteiger partial charge in [-0.3, -0.25) is 4.79 Å². The van der Waals surface area contributed by atoms with Crippen LogP contribution in [0.25, 0.3) is 0 Å². The normalized spacial score (nSPS) is 18.6. The summed E-state index contributed by atoms with van der Waals surface area (Å²) in [5, 5.41) is 5.44. The smallest absolute Gasteiger partial charge is 0.243 e. The second-order valence-electron chi connectivity index (χ2n) is 6.28. The van der Waals surface area contributed by atoms with Crippen molar-refractivity contribution in [3.63, 3.8) is 0 Å². The number of sulfonamides is 1. The second-order valence-corrected chi connectivity index (χ2v) is 9.68. The molecule has 0 radical (unpaired) electrons. The van der Waals surface area contributed by atoms with E-state index < -0.39 is 10.0 Å². The summed E-state index contributed by atoms with van der Waals surface area (Å²) in [7, 11) is -3.60. The number of carbonyl (C=O) groups excluding carboxylic acids is 1. The summed E-state index contributed by atoms with van der Waals surface area (Å²) < 4.78 is 27.0. The van der Waals surface area contributed by atoms with E-state index in [0.717, 1.165) is 6.42 Å². The predicted molar refractivity (Wildman–Crippen MR) is 104 cm³/mol. The maximum atomic E-state index is 12.8. The molecule has 1 atom stereocenters. The minimum Gasteiger partial charge on any atom is -0.355 e. The zero-order valence-corrected chi connectivity index (χ0v) is 16.6. The van der Waals surface area contributed by atoms with Gasteiger partial charge in [-0.05, 0) is 55.0 Å². The van der Waals surface area contributed by atoms with Gasteiger partial charge in [0.25, 0.3) is 0 Å². The number of amides is 1. The van der Waals surface area contributed by atoms with Crippen LogP contribution in [0.5, 0.6) is 0 Å². The summed E-state index contributed by atoms with van der Waals surface area (Å²) in [4.78, 5) is 13.9. The maximum absolute atomic E-state index is 12.8. The minimum atomic E-state index is -3.60. The predicted octanol–water partition coefficient (Wildman–Crippen LogP) is 3.16. The van der Waals surface area contributed by atoms with Crippen molar-refractivity contribution < 1.29 is 13.2 Å². The van der Waals surface area contributed by atoms with E-state index in [2.05, 4.69) is 5.32 Å². The fourth-order valence-corrected chi connectivity index (χ4v) is 5.40. The molecular weight excluding hydrogens is 392 g/mol. The number of halogens is 1. The molecule has 0 aliphatic carbocycles. The van der Waals surface area contributed by atoms with Gasteiger partial charge >= 0.3 is 0 Å². The molecular formula is C18H21ClN2O3S2. The molecule has 2 aromatic rings. The lowest BCUT2D eigenvalue weighted by atomic mass is 9.99. The Morgan fingerprint density at radius 2 is 2.04 bits per heavy atom. The number of hydrogen-bond acceptors (Lipinski definition) is 4. The quantitative estimate of drug-likeness (QED) is 0.792. The van der Waals surface area contributed by atoms with Crippen molar-refractivity contribution in [1.82, 2.24) is 9.62 Å². The third kappa shape index (κ3) is 4.65. The lowest BCUT2D eigenvalue weighted by molar-refractivity contribution is -0.126. The lowest BCUT2D eigenvalue weighted by Crippen LogP contribution is -2.45. The highest BCUT2D eigenvalue weighted by Gasteiger charge is 2.33. The fourth-order valence-electron chi connectivity index (χ4n) is 3.04. The zero-order chi connectivity index (χ0) is 18.6. The molecule has 1 aliphatic rings. The molecule has 1 aromatic carbocycles. The van der Waals surface area contributed by atoms with Crippen molar-refractivity contribution in [1.29, 1.82) is 0 Å². The Morgan fingerprint density at radius 1 is 1.27 bits per heavy atom. The first-order valence-corrected chi connectivity index (χ1v) is 11.2. The van der Waals surface area contributed by atoms with E-state index in [1.807, 2.05) is 17.5 Å². The highest BCUT2D eigenvalue weighted by Crippen LogP contribution is 2.24. The first kappa shape index (κ1) is 19.4. The molecule has 1 aliphatic heterocycles. The van der Waals surface area contributed by atoms with Crippen molar-refractivity contribution in [3.8, 4) is 0 Å². The van der Waals surface area contributed by atoms with E-state index in [1.165, 1.54) is 21.3 Å². The molecule has 0 spiro atoms. The van der Waals surface area contributed by atoms with Gasteiger partial charge in [-0.15, -0.1) is 11.3 Å². The van der Waals surface area contributed by atoms with E-state index in [1.54, 1.807) is 23.5 Å². The standard InChI is InChI=1S/C18H21ClN2O3S2/c19-15-5-7-17(8-6-15)26(23,24)21-11-1-3-14(13-21)18(22)20-10-9-16-4-2-12-25-16/h2,4-8,12,14H,1,3,9-11,13H2,(H,20,22)/t14-/m1/s1. The Bertz CT molecular complexity index is 836. The van der Waals surface area contributed by atoms with Crippen molar-refractivity contribution in [2.45, 2.75) is 24.2 Å². The number of benzene rings is 1. The molecule has 1 N–H and O–H groups in total. The summed E-state index contributed by atoms with van der Waals surface area (Å²) >= 11 is 7.50. The summed E-state index contributed by atoms with van der Waals surface area (Å²) in [5.41, 5.74) is 0. The summed E-state index contributed by atoms with van der Waals surface area (Å²) in [6.07, 6.45) is 2.18. The Kier molecular flexibility index (Phi) is 6.34. The summed E-state index contributed by atoms with van der Waals surface area (Å²) in [6.45, 7) is 1.22. The lowest BCUT2D eigenvalue weighted by Gasteiger charge is -2.31. The van der Waals surface area contributed by atoms with Crippen LogP contribution in [0.15, 0.2) is 46.7 Å². The van der Waals surface area contributed by atoms with Gasteiger partial charge in [0.2, 0.25) is 15.9 Å². The van der Waals surface area contributed by atoms with Crippen LogP contribution in [0.3, 0.4) is 0 Å². The van der Waals surface area contributed by atoms with Gasteiger partial charge in [-0.25, -0.2) is 8.42 Å². The Morgan fingerprint density at radius 3 is 2.73 bits per heavy atom. The van der Waals surface area contributed by atoms with Crippen LogP contribution in [0.1, 0.15) is 17.7 Å². The molecule has 1 amide bonds. The van der Waals surface area contributed by atoms with Crippen LogP contribution in [-0.4, -0.2) is 38.3 Å². The highest BCUT2D eigenvalue weighted by atomic mass is 35.5. The molecule has 2 heterocycles. The molecule has 3 rings (SSSR count). The Balaban J connectivity index is 1.59. The molecule has 5 nitrogen and oxygen atoms in total. The zero-order valence-electron chi connectivity index (χ0n) is 14.2. The number of nitrogens with one attached hydrogen (secondary N) is 1. The number of thiophene rings is 1. The minimum absolute atomic E-state index is 0.0717. The number of carbonyl (C=O) groups is 1. The number of rotatable bonds is 6. The van der Waals surface area contributed by atoms with Crippen LogP contribution >= 0.6 is 22.9 Å². The van der Waals surface area contributed by atoms with Crippen molar-refractivity contribution in [2.75, 3.05) is 19.6 Å². The summed E-state index contributed by atoms with van der Waals surface area (Å²) in [6, 6.07) is 10.2. The van der Waals surface area contributed by atoms with E-state index in [9.17, 15) is 13.2 Å². The van der Waals surface area contributed by atoms with Gasteiger partial charge in [-0.1, -0.05) is 17.7 Å². The molecule has 8 heteroatoms. The van der Waals surface area contributed by atoms with Gasteiger partial charge in [0.05, 0.1) is 10.8 Å². The fraction of sp³-hybridized carbons (Fsp3) is 0.389. The Labute approximate surface area is 163 Å². The molecule has 1 aromatic heterocycles. The topological polar surface area (TPSA) is 66.5 Å². The molecule has 0 unspecified atom stereocenters. The van der Waals surface area contributed by atoms with E-state index >= 15 is 0 Å². The average molecular weight is 413 g/mol. The van der Waals surface area contributed by atoms with Crippen molar-refractivity contribution in [3.05, 3.63) is 51.7 Å². The first-order chi connectivity index (χ1) is 12.5.